The molecule has 0 bridgehead atoms. The highest BCUT2D eigenvalue weighted by Crippen LogP contribution is 2.51. The summed E-state index contributed by atoms with van der Waals surface area (Å²) in [5.74, 6) is 9.76. The van der Waals surface area contributed by atoms with Gasteiger partial charge in [0.15, 0.2) is 0 Å². The molecule has 1 atom stereocenters. The second-order valence-electron chi connectivity index (χ2n) is 7.18. The fourth-order valence-electron chi connectivity index (χ4n) is 2.88. The molecule has 0 saturated carbocycles. The number of unbranched alkanes of at least 4 members (excludes halogenated alkanes) is 1. The van der Waals surface area contributed by atoms with Crippen LogP contribution >= 0.6 is 20.1 Å². The van der Waals surface area contributed by atoms with E-state index in [-0.39, 0.29) is 0 Å². The molecule has 0 heterocycles. The summed E-state index contributed by atoms with van der Waals surface area (Å²) in [7, 11) is -1.25. The van der Waals surface area contributed by atoms with Gasteiger partial charge in [-0.25, -0.2) is 20.1 Å². The quantitative estimate of drug-likeness (QED) is 0.504. The second kappa shape index (κ2) is 9.14. The van der Waals surface area contributed by atoms with E-state index in [2.05, 4.69) is 68.9 Å². The van der Waals surface area contributed by atoms with Crippen LogP contribution in [0.2, 0.25) is 0 Å². The normalized spacial score (nSPS) is 21.0. The molecule has 0 aromatic rings. The molecule has 0 spiro atoms. The summed E-state index contributed by atoms with van der Waals surface area (Å²) in [5, 5.41) is 0.574. The third-order valence-electron chi connectivity index (χ3n) is 4.45. The second-order valence-corrected chi connectivity index (χ2v) is 15.4. The summed E-state index contributed by atoms with van der Waals surface area (Å²) in [6, 6.07) is 0. The molecule has 1 rings (SSSR count). The fourth-order valence-corrected chi connectivity index (χ4v) is 7.50. The Hall–Kier alpha value is -0.260. The van der Waals surface area contributed by atoms with Crippen molar-refractivity contribution in [2.24, 2.45) is 0 Å². The van der Waals surface area contributed by atoms with Crippen molar-refractivity contribution in [3.8, 4) is 11.8 Å². The van der Waals surface area contributed by atoms with Crippen LogP contribution in [0.25, 0.3) is 0 Å². The molecule has 2 heteroatoms. The third kappa shape index (κ3) is 6.09. The Kier molecular flexibility index (Phi) is 8.22. The lowest BCUT2D eigenvalue weighted by molar-refractivity contribution is 0.893. The van der Waals surface area contributed by atoms with Gasteiger partial charge in [-0.1, -0.05) is 50.3 Å². The zero-order valence-corrected chi connectivity index (χ0v) is 17.2. The van der Waals surface area contributed by atoms with Gasteiger partial charge in [-0.2, -0.15) is 0 Å². The van der Waals surface area contributed by atoms with Crippen LogP contribution in [0, 0.1) is 11.8 Å². The van der Waals surface area contributed by atoms with Gasteiger partial charge in [0, 0.05) is 6.42 Å². The van der Waals surface area contributed by atoms with Crippen LogP contribution in [-0.2, 0) is 0 Å². The van der Waals surface area contributed by atoms with Crippen molar-refractivity contribution in [3.63, 3.8) is 0 Å². The molecule has 0 aromatic carbocycles. The van der Waals surface area contributed by atoms with Crippen LogP contribution in [-0.4, -0.2) is 41.8 Å². The Morgan fingerprint density at radius 1 is 1.09 bits per heavy atom. The largest absolute Gasteiger partial charge is 0.233 e. The maximum atomic E-state index is 3.60. The summed E-state index contributed by atoms with van der Waals surface area (Å²) in [6.45, 7) is 4.59. The van der Waals surface area contributed by atoms with Crippen LogP contribution in [0.4, 0.5) is 0 Å². The van der Waals surface area contributed by atoms with Crippen molar-refractivity contribution in [1.29, 1.82) is 0 Å². The molecule has 0 radical (unpaired) electrons. The van der Waals surface area contributed by atoms with Gasteiger partial charge in [0.2, 0.25) is 0 Å². The van der Waals surface area contributed by atoms with Gasteiger partial charge in [-0.3, -0.25) is 0 Å². The first-order chi connectivity index (χ1) is 10.3. The molecule has 0 aromatic heterocycles. The van der Waals surface area contributed by atoms with Crippen LogP contribution < -0.4 is 0 Å². The van der Waals surface area contributed by atoms with Crippen molar-refractivity contribution < 1.29 is 0 Å². The van der Waals surface area contributed by atoms with E-state index in [1.54, 1.807) is 4.91 Å². The number of rotatable bonds is 7. The Bertz CT molecular complexity index is 458. The summed E-state index contributed by atoms with van der Waals surface area (Å²) in [5.41, 5.74) is 0. The highest BCUT2D eigenvalue weighted by Gasteiger charge is 2.22. The first-order valence-electron chi connectivity index (χ1n) is 8.59. The lowest BCUT2D eigenvalue weighted by Gasteiger charge is -2.36. The first kappa shape index (κ1) is 19.8. The summed E-state index contributed by atoms with van der Waals surface area (Å²) in [6.07, 6.45) is 23.1. The van der Waals surface area contributed by atoms with Gasteiger partial charge in [0.1, 0.15) is 0 Å². The minimum atomic E-state index is -0.651. The van der Waals surface area contributed by atoms with E-state index in [1.807, 2.05) is 0 Å². The molecule has 128 valence electrons. The van der Waals surface area contributed by atoms with Crippen molar-refractivity contribution >= 4 is 20.1 Å². The van der Waals surface area contributed by atoms with Crippen molar-refractivity contribution in [1.82, 2.24) is 0 Å². The molecule has 0 amide bonds. The predicted octanol–water partition coefficient (Wildman–Crippen LogP) is 5.93. The molecule has 0 aliphatic heterocycles. The maximum Gasteiger partial charge on any atom is 0.0535 e. The maximum absolute atomic E-state index is 3.60. The lowest BCUT2D eigenvalue weighted by Crippen LogP contribution is -2.17. The standard InChI is InChI=1S/C20H36S2/c1-7-9-18-22(5,6)20-14-11-10-13-19(15-12-16-20)21(3,4)17-8-2/h12,14,16,19H,7-9,11,15,17-18H2,1-6H3. The van der Waals surface area contributed by atoms with Crippen LogP contribution in [0.3, 0.4) is 0 Å². The predicted molar refractivity (Wildman–Crippen MR) is 112 cm³/mol. The minimum Gasteiger partial charge on any atom is -0.233 e. The van der Waals surface area contributed by atoms with Crippen molar-refractivity contribution in [3.05, 3.63) is 23.1 Å². The molecular formula is C20H36S2. The first-order valence-corrected chi connectivity index (χ1v) is 13.9. The van der Waals surface area contributed by atoms with Crippen molar-refractivity contribution in [2.75, 3.05) is 36.5 Å². The minimum absolute atomic E-state index is 0.574. The van der Waals surface area contributed by atoms with Gasteiger partial charge in [0.25, 0.3) is 0 Å². The average molecular weight is 341 g/mol. The molecule has 0 nitrogen and oxygen atoms in total. The Morgan fingerprint density at radius 2 is 1.82 bits per heavy atom. The van der Waals surface area contributed by atoms with E-state index in [4.69, 9.17) is 0 Å². The van der Waals surface area contributed by atoms with E-state index < -0.39 is 20.1 Å². The monoisotopic (exact) mass is 340 g/mol. The van der Waals surface area contributed by atoms with Crippen molar-refractivity contribution in [2.45, 2.75) is 51.2 Å². The molecule has 0 fully saturated rings. The van der Waals surface area contributed by atoms with E-state index >= 15 is 0 Å². The summed E-state index contributed by atoms with van der Waals surface area (Å²) >= 11 is 0. The van der Waals surface area contributed by atoms with Crippen LogP contribution in [0.1, 0.15) is 46.0 Å². The number of hydrogen-bond acceptors (Lipinski definition) is 0. The fraction of sp³-hybridized carbons (Fsp3) is 0.700. The van der Waals surface area contributed by atoms with Gasteiger partial charge >= 0.3 is 0 Å². The van der Waals surface area contributed by atoms with Gasteiger partial charge in [-0.15, -0.1) is 0 Å². The Labute approximate surface area is 142 Å². The van der Waals surface area contributed by atoms with Gasteiger partial charge < -0.3 is 0 Å². The lowest BCUT2D eigenvalue weighted by atomic mass is 10.3. The van der Waals surface area contributed by atoms with Gasteiger partial charge in [-0.05, 0) is 60.7 Å². The molecule has 1 aliphatic carbocycles. The Morgan fingerprint density at radius 3 is 2.45 bits per heavy atom. The highest BCUT2D eigenvalue weighted by atomic mass is 32.3. The SMILES string of the molecule is CCCCS(C)(C)C1=CCC#CC(S(C)(C)CCC)CC=C1. The number of allylic oxidation sites excluding steroid dienone is 3. The van der Waals surface area contributed by atoms with E-state index in [0.717, 1.165) is 12.8 Å². The highest BCUT2D eigenvalue weighted by molar-refractivity contribution is 8.35. The Balaban J connectivity index is 2.85. The van der Waals surface area contributed by atoms with E-state index in [9.17, 15) is 0 Å². The zero-order chi connectivity index (χ0) is 16.6. The van der Waals surface area contributed by atoms with E-state index in [0.29, 0.717) is 5.25 Å². The summed E-state index contributed by atoms with van der Waals surface area (Å²) < 4.78 is 0. The molecular weight excluding hydrogens is 304 g/mol. The molecule has 0 N–H and O–H groups in total. The molecule has 1 aliphatic rings. The van der Waals surface area contributed by atoms with E-state index in [1.165, 1.54) is 30.8 Å². The molecule has 0 saturated heterocycles. The molecule has 1 unspecified atom stereocenters. The summed E-state index contributed by atoms with van der Waals surface area (Å²) in [4.78, 5) is 1.57. The zero-order valence-electron chi connectivity index (χ0n) is 15.6. The average Bonchev–Trinajstić information content (AvgIpc) is 2.57. The smallest absolute Gasteiger partial charge is 0.0535 e. The number of hydrogen-bond donors (Lipinski definition) is 0. The third-order valence-corrected chi connectivity index (χ3v) is 10.6. The topological polar surface area (TPSA) is 0 Å². The molecule has 22 heavy (non-hydrogen) atoms. The van der Waals surface area contributed by atoms with Crippen LogP contribution in [0.5, 0.6) is 0 Å². The van der Waals surface area contributed by atoms with Gasteiger partial charge in [0.05, 0.1) is 5.25 Å². The van der Waals surface area contributed by atoms with Crippen LogP contribution in [0.15, 0.2) is 23.1 Å².